The number of nitrogens with zero attached hydrogens (tertiary/aromatic N) is 2. The quantitative estimate of drug-likeness (QED) is 0.570. The zero-order valence-electron chi connectivity index (χ0n) is 8.19. The van der Waals surface area contributed by atoms with Gasteiger partial charge in [0.25, 0.3) is 0 Å². The fourth-order valence-corrected chi connectivity index (χ4v) is 0.933. The summed E-state index contributed by atoms with van der Waals surface area (Å²) in [6.07, 6.45) is 0.432. The number of methoxy groups -OCH3 is 1. The zero-order chi connectivity index (χ0) is 10.2. The molecule has 6 heteroatoms. The number of nitrogens with one attached hydrogen (secondary N) is 1. The summed E-state index contributed by atoms with van der Waals surface area (Å²) in [5.41, 5.74) is 0. The van der Waals surface area contributed by atoms with Gasteiger partial charge in [0.15, 0.2) is 5.82 Å². The molecule has 0 aliphatic rings. The van der Waals surface area contributed by atoms with E-state index in [-0.39, 0.29) is 6.61 Å². The molecule has 1 rings (SSSR count). The van der Waals surface area contributed by atoms with Crippen molar-refractivity contribution in [2.75, 3.05) is 26.9 Å². The maximum absolute atomic E-state index is 8.62. The Kier molecular flexibility index (Phi) is 5.13. The molecule has 0 atom stereocenters. The van der Waals surface area contributed by atoms with Gasteiger partial charge >= 0.3 is 0 Å². The van der Waals surface area contributed by atoms with Crippen molar-refractivity contribution in [2.24, 2.45) is 0 Å². The highest BCUT2D eigenvalue weighted by Gasteiger charge is 2.04. The van der Waals surface area contributed by atoms with Gasteiger partial charge in [-0.05, 0) is 0 Å². The van der Waals surface area contributed by atoms with Crippen molar-refractivity contribution in [1.29, 1.82) is 0 Å². The molecule has 0 radical (unpaired) electrons. The Labute approximate surface area is 82.3 Å². The Morgan fingerprint density at radius 3 is 3.14 bits per heavy atom. The van der Waals surface area contributed by atoms with E-state index in [1.165, 1.54) is 0 Å². The molecule has 6 nitrogen and oxygen atoms in total. The second-order valence-electron chi connectivity index (χ2n) is 2.75. The molecule has 0 aliphatic heterocycles. The van der Waals surface area contributed by atoms with Crippen LogP contribution in [0.1, 0.15) is 11.7 Å². The molecule has 0 amide bonds. The second kappa shape index (κ2) is 6.47. The number of aliphatic hydroxyl groups excluding tert-OH is 1. The van der Waals surface area contributed by atoms with Gasteiger partial charge in [0.1, 0.15) is 0 Å². The summed E-state index contributed by atoms with van der Waals surface area (Å²) >= 11 is 0. The Morgan fingerprint density at radius 1 is 1.57 bits per heavy atom. The maximum atomic E-state index is 8.62. The number of aliphatic hydroxyl groups is 1. The average molecular weight is 201 g/mol. The van der Waals surface area contributed by atoms with E-state index < -0.39 is 0 Å². The molecule has 14 heavy (non-hydrogen) atoms. The summed E-state index contributed by atoms with van der Waals surface area (Å²) in [5.74, 6) is 1.07. The first-order chi connectivity index (χ1) is 6.86. The van der Waals surface area contributed by atoms with Gasteiger partial charge in [-0.1, -0.05) is 5.16 Å². The fraction of sp³-hybridized carbons (Fsp3) is 0.750. The largest absolute Gasteiger partial charge is 0.396 e. The van der Waals surface area contributed by atoms with E-state index in [0.29, 0.717) is 31.3 Å². The highest BCUT2D eigenvalue weighted by atomic mass is 16.5. The standard InChI is InChI=1S/C8H15N3O3/c1-13-5-3-9-6-8-10-7(2-4-12)11-14-8/h9,12H,2-6H2,1H3. The zero-order valence-corrected chi connectivity index (χ0v) is 8.19. The maximum Gasteiger partial charge on any atom is 0.240 e. The highest BCUT2D eigenvalue weighted by molar-refractivity contribution is 4.85. The monoisotopic (exact) mass is 201 g/mol. The van der Waals surface area contributed by atoms with Crippen molar-refractivity contribution in [1.82, 2.24) is 15.5 Å². The normalized spacial score (nSPS) is 10.7. The topological polar surface area (TPSA) is 80.4 Å². The average Bonchev–Trinajstić information content (AvgIpc) is 2.61. The van der Waals surface area contributed by atoms with E-state index in [1.54, 1.807) is 7.11 Å². The van der Waals surface area contributed by atoms with Crippen molar-refractivity contribution in [3.05, 3.63) is 11.7 Å². The third-order valence-electron chi connectivity index (χ3n) is 1.60. The van der Waals surface area contributed by atoms with Crippen molar-refractivity contribution in [3.8, 4) is 0 Å². The van der Waals surface area contributed by atoms with Crippen molar-refractivity contribution >= 4 is 0 Å². The lowest BCUT2D eigenvalue weighted by Crippen LogP contribution is -2.18. The van der Waals surface area contributed by atoms with Crippen LogP contribution in [0.4, 0.5) is 0 Å². The van der Waals surface area contributed by atoms with Crippen molar-refractivity contribution in [3.63, 3.8) is 0 Å². The summed E-state index contributed by atoms with van der Waals surface area (Å²) in [6.45, 7) is 1.96. The van der Waals surface area contributed by atoms with E-state index in [2.05, 4.69) is 15.5 Å². The summed E-state index contributed by atoms with van der Waals surface area (Å²) in [6, 6.07) is 0. The number of aromatic nitrogens is 2. The van der Waals surface area contributed by atoms with Gasteiger partial charge in [-0.15, -0.1) is 0 Å². The lowest BCUT2D eigenvalue weighted by Gasteiger charge is -1.98. The Bertz CT molecular complexity index is 252. The molecule has 0 unspecified atom stereocenters. The number of rotatable bonds is 7. The van der Waals surface area contributed by atoms with Gasteiger partial charge in [-0.3, -0.25) is 0 Å². The molecular weight excluding hydrogens is 186 g/mol. The van der Waals surface area contributed by atoms with Crippen molar-refractivity contribution in [2.45, 2.75) is 13.0 Å². The minimum atomic E-state index is 0.0378. The van der Waals surface area contributed by atoms with E-state index >= 15 is 0 Å². The van der Waals surface area contributed by atoms with Crippen LogP contribution in [0.25, 0.3) is 0 Å². The third kappa shape index (κ3) is 3.82. The molecule has 1 heterocycles. The van der Waals surface area contributed by atoms with Crippen LogP contribution in [-0.2, 0) is 17.7 Å². The summed E-state index contributed by atoms with van der Waals surface area (Å²) in [5, 5.41) is 15.4. The van der Waals surface area contributed by atoms with Gasteiger partial charge in [0.2, 0.25) is 5.89 Å². The molecule has 0 saturated carbocycles. The first-order valence-electron chi connectivity index (χ1n) is 4.48. The van der Waals surface area contributed by atoms with Gasteiger partial charge in [0.05, 0.1) is 19.8 Å². The van der Waals surface area contributed by atoms with Crippen LogP contribution in [0.2, 0.25) is 0 Å². The van der Waals surface area contributed by atoms with Gasteiger partial charge in [-0.25, -0.2) is 0 Å². The lowest BCUT2D eigenvalue weighted by molar-refractivity contribution is 0.197. The SMILES string of the molecule is COCCNCc1nc(CCO)no1. The molecular formula is C8H15N3O3. The summed E-state index contributed by atoms with van der Waals surface area (Å²) < 4.78 is 9.78. The number of hydrogen-bond donors (Lipinski definition) is 2. The van der Waals surface area contributed by atoms with Gasteiger partial charge < -0.3 is 19.7 Å². The molecule has 0 aromatic carbocycles. The van der Waals surface area contributed by atoms with E-state index in [0.717, 1.165) is 6.54 Å². The molecule has 0 aliphatic carbocycles. The van der Waals surface area contributed by atoms with Gasteiger partial charge in [0, 0.05) is 20.1 Å². The molecule has 80 valence electrons. The smallest absolute Gasteiger partial charge is 0.240 e. The molecule has 0 spiro atoms. The predicted octanol–water partition coefficient (Wildman–Crippen LogP) is -0.660. The fourth-order valence-electron chi connectivity index (χ4n) is 0.933. The Morgan fingerprint density at radius 2 is 2.43 bits per heavy atom. The van der Waals surface area contributed by atoms with Crippen molar-refractivity contribution < 1.29 is 14.4 Å². The first-order valence-corrected chi connectivity index (χ1v) is 4.48. The molecule has 0 fully saturated rings. The number of ether oxygens (including phenoxy) is 1. The highest BCUT2D eigenvalue weighted by Crippen LogP contribution is 1.96. The van der Waals surface area contributed by atoms with Gasteiger partial charge in [-0.2, -0.15) is 4.98 Å². The van der Waals surface area contributed by atoms with E-state index in [1.807, 2.05) is 0 Å². The minimum Gasteiger partial charge on any atom is -0.396 e. The first kappa shape index (κ1) is 11.1. The van der Waals surface area contributed by atoms with Crippen LogP contribution in [-0.4, -0.2) is 42.1 Å². The third-order valence-corrected chi connectivity index (χ3v) is 1.60. The molecule has 2 N–H and O–H groups in total. The summed E-state index contributed by atoms with van der Waals surface area (Å²) in [4.78, 5) is 4.06. The second-order valence-corrected chi connectivity index (χ2v) is 2.75. The van der Waals surface area contributed by atoms with Crippen LogP contribution in [0, 0.1) is 0 Å². The Balaban J connectivity index is 2.22. The van der Waals surface area contributed by atoms with Crippen LogP contribution in [0.3, 0.4) is 0 Å². The van der Waals surface area contributed by atoms with E-state index in [4.69, 9.17) is 14.4 Å². The van der Waals surface area contributed by atoms with Crippen LogP contribution >= 0.6 is 0 Å². The van der Waals surface area contributed by atoms with Crippen LogP contribution in [0.5, 0.6) is 0 Å². The summed E-state index contributed by atoms with van der Waals surface area (Å²) in [7, 11) is 1.65. The van der Waals surface area contributed by atoms with E-state index in [9.17, 15) is 0 Å². The van der Waals surface area contributed by atoms with Crippen LogP contribution < -0.4 is 5.32 Å². The lowest BCUT2D eigenvalue weighted by atomic mass is 10.4. The number of hydrogen-bond acceptors (Lipinski definition) is 6. The minimum absolute atomic E-state index is 0.0378. The molecule has 1 aromatic rings. The predicted molar refractivity (Wildman–Crippen MR) is 48.7 cm³/mol. The molecule has 1 aromatic heterocycles. The Hall–Kier alpha value is -0.980. The molecule has 0 bridgehead atoms. The molecule has 0 saturated heterocycles. The van der Waals surface area contributed by atoms with Crippen LogP contribution in [0.15, 0.2) is 4.52 Å².